The summed E-state index contributed by atoms with van der Waals surface area (Å²) in [5, 5.41) is 14.4. The van der Waals surface area contributed by atoms with E-state index in [1.54, 1.807) is 0 Å². The van der Waals surface area contributed by atoms with E-state index in [-0.39, 0.29) is 0 Å². The fraction of sp³-hybridized carbons (Fsp3) is 0.235. The molecule has 4 heteroatoms. The second-order valence-corrected chi connectivity index (χ2v) is 5.17. The van der Waals surface area contributed by atoms with E-state index in [4.69, 9.17) is 0 Å². The van der Waals surface area contributed by atoms with E-state index < -0.39 is 0 Å². The maximum absolute atomic E-state index is 4.09. The van der Waals surface area contributed by atoms with E-state index in [1.807, 2.05) is 18.2 Å². The predicted octanol–water partition coefficient (Wildman–Crippen LogP) is 3.79. The highest BCUT2D eigenvalue weighted by Crippen LogP contribution is 2.30. The van der Waals surface area contributed by atoms with Crippen LogP contribution in [-0.4, -0.2) is 20.6 Å². The summed E-state index contributed by atoms with van der Waals surface area (Å²) < 4.78 is 0. The second kappa shape index (κ2) is 5.87. The molecule has 0 bridgehead atoms. The summed E-state index contributed by atoms with van der Waals surface area (Å²) in [6.45, 7) is 4.38. The Hall–Kier alpha value is -2.49. The normalized spacial score (nSPS) is 10.8. The van der Waals surface area contributed by atoms with Crippen LogP contribution in [0.3, 0.4) is 0 Å². The van der Waals surface area contributed by atoms with Gasteiger partial charge in [-0.15, -0.1) is 10.2 Å². The molecular formula is C17H18N4. The first-order valence-corrected chi connectivity index (χ1v) is 7.22. The first kappa shape index (κ1) is 13.5. The Balaban J connectivity index is 2.07. The molecule has 0 atom stereocenters. The maximum Gasteiger partial charge on any atom is 0.205 e. The summed E-state index contributed by atoms with van der Waals surface area (Å²) >= 11 is 0. The van der Waals surface area contributed by atoms with Gasteiger partial charge in [-0.25, -0.2) is 0 Å². The number of benzene rings is 2. The van der Waals surface area contributed by atoms with Gasteiger partial charge in [0, 0.05) is 5.56 Å². The Labute approximate surface area is 124 Å². The van der Waals surface area contributed by atoms with Gasteiger partial charge >= 0.3 is 0 Å². The minimum Gasteiger partial charge on any atom is -0.177 e. The quantitative estimate of drug-likeness (QED) is 0.790. The molecule has 0 aliphatic rings. The van der Waals surface area contributed by atoms with Crippen molar-refractivity contribution in [3.8, 4) is 22.5 Å². The van der Waals surface area contributed by atoms with Gasteiger partial charge in [-0.2, -0.15) is 5.21 Å². The molecule has 3 aromatic rings. The molecule has 0 aliphatic carbocycles. The van der Waals surface area contributed by atoms with Crippen LogP contribution in [-0.2, 0) is 6.42 Å². The average molecular weight is 278 g/mol. The molecule has 0 saturated heterocycles. The Morgan fingerprint density at radius 2 is 1.86 bits per heavy atom. The van der Waals surface area contributed by atoms with E-state index in [0.29, 0.717) is 5.82 Å². The zero-order valence-electron chi connectivity index (χ0n) is 12.3. The van der Waals surface area contributed by atoms with Crippen molar-refractivity contribution < 1.29 is 0 Å². The number of aryl methyl sites for hydroxylation is 2. The van der Waals surface area contributed by atoms with Crippen LogP contribution in [0, 0.1) is 6.92 Å². The monoisotopic (exact) mass is 278 g/mol. The van der Waals surface area contributed by atoms with Crippen molar-refractivity contribution in [3.63, 3.8) is 0 Å². The third kappa shape index (κ3) is 2.70. The highest BCUT2D eigenvalue weighted by molar-refractivity contribution is 5.80. The molecule has 21 heavy (non-hydrogen) atoms. The smallest absolute Gasteiger partial charge is 0.177 e. The van der Waals surface area contributed by atoms with Crippen LogP contribution in [0.15, 0.2) is 42.5 Å². The van der Waals surface area contributed by atoms with Crippen LogP contribution in [0.2, 0.25) is 0 Å². The lowest BCUT2D eigenvalue weighted by Gasteiger charge is -2.10. The molecule has 0 aliphatic heterocycles. The van der Waals surface area contributed by atoms with Gasteiger partial charge in [-0.3, -0.25) is 0 Å². The van der Waals surface area contributed by atoms with Gasteiger partial charge in [0.1, 0.15) is 0 Å². The van der Waals surface area contributed by atoms with Crippen LogP contribution < -0.4 is 0 Å². The van der Waals surface area contributed by atoms with Crippen molar-refractivity contribution in [2.75, 3.05) is 0 Å². The van der Waals surface area contributed by atoms with Crippen molar-refractivity contribution in [1.29, 1.82) is 0 Å². The summed E-state index contributed by atoms with van der Waals surface area (Å²) in [5.41, 5.74) is 6.06. The molecule has 0 fully saturated rings. The van der Waals surface area contributed by atoms with Crippen LogP contribution in [0.5, 0.6) is 0 Å². The van der Waals surface area contributed by atoms with E-state index >= 15 is 0 Å². The lowest BCUT2D eigenvalue weighted by Crippen LogP contribution is -1.91. The van der Waals surface area contributed by atoms with Crippen LogP contribution in [0.1, 0.15) is 24.5 Å². The number of H-pyrrole nitrogens is 1. The van der Waals surface area contributed by atoms with Gasteiger partial charge in [-0.1, -0.05) is 55.8 Å². The van der Waals surface area contributed by atoms with Crippen molar-refractivity contribution in [2.45, 2.75) is 26.7 Å². The predicted molar refractivity (Wildman–Crippen MR) is 83.8 cm³/mol. The summed E-state index contributed by atoms with van der Waals surface area (Å²) in [6.07, 6.45) is 2.29. The van der Waals surface area contributed by atoms with E-state index in [1.165, 1.54) is 23.1 Å². The average Bonchev–Trinajstić information content (AvgIpc) is 3.04. The topological polar surface area (TPSA) is 54.5 Å². The Kier molecular flexibility index (Phi) is 3.77. The first-order chi connectivity index (χ1) is 10.3. The molecule has 2 aromatic carbocycles. The van der Waals surface area contributed by atoms with Crippen LogP contribution in [0.4, 0.5) is 0 Å². The minimum atomic E-state index is 0.626. The van der Waals surface area contributed by atoms with Crippen molar-refractivity contribution in [1.82, 2.24) is 20.6 Å². The molecule has 0 radical (unpaired) electrons. The number of nitrogens with zero attached hydrogens (tertiary/aromatic N) is 3. The zero-order chi connectivity index (χ0) is 14.7. The summed E-state index contributed by atoms with van der Waals surface area (Å²) in [6, 6.07) is 14.8. The van der Waals surface area contributed by atoms with Gasteiger partial charge < -0.3 is 0 Å². The molecule has 0 unspecified atom stereocenters. The van der Waals surface area contributed by atoms with Crippen LogP contribution in [0.25, 0.3) is 22.5 Å². The molecule has 3 rings (SSSR count). The van der Waals surface area contributed by atoms with Gasteiger partial charge in [0.2, 0.25) is 5.82 Å². The SMILES string of the molecule is CCCc1ccc(-c2ccccc2-c2nn[nH]n2)cc1C. The molecule has 0 amide bonds. The van der Waals surface area contributed by atoms with Gasteiger partial charge in [0.25, 0.3) is 0 Å². The second-order valence-electron chi connectivity index (χ2n) is 5.17. The molecular weight excluding hydrogens is 260 g/mol. The van der Waals surface area contributed by atoms with E-state index in [0.717, 1.165) is 17.5 Å². The fourth-order valence-corrected chi connectivity index (χ4v) is 2.62. The highest BCUT2D eigenvalue weighted by Gasteiger charge is 2.11. The van der Waals surface area contributed by atoms with Gasteiger partial charge in [0.15, 0.2) is 0 Å². The van der Waals surface area contributed by atoms with Crippen molar-refractivity contribution in [2.24, 2.45) is 0 Å². The number of aromatic nitrogens is 4. The third-order valence-corrected chi connectivity index (χ3v) is 3.69. The Morgan fingerprint density at radius 1 is 1.05 bits per heavy atom. The number of hydrogen-bond donors (Lipinski definition) is 1. The number of hydrogen-bond acceptors (Lipinski definition) is 3. The molecule has 0 spiro atoms. The number of tetrazole rings is 1. The third-order valence-electron chi connectivity index (χ3n) is 3.69. The molecule has 1 heterocycles. The molecule has 4 nitrogen and oxygen atoms in total. The molecule has 0 saturated carbocycles. The first-order valence-electron chi connectivity index (χ1n) is 7.22. The molecule has 1 aromatic heterocycles. The van der Waals surface area contributed by atoms with E-state index in [9.17, 15) is 0 Å². The lowest BCUT2D eigenvalue weighted by atomic mass is 9.95. The number of nitrogens with one attached hydrogen (secondary N) is 1. The van der Waals surface area contributed by atoms with Crippen molar-refractivity contribution in [3.05, 3.63) is 53.6 Å². The fourth-order valence-electron chi connectivity index (χ4n) is 2.62. The largest absolute Gasteiger partial charge is 0.205 e. The highest BCUT2D eigenvalue weighted by atomic mass is 15.5. The zero-order valence-corrected chi connectivity index (χ0v) is 12.3. The van der Waals surface area contributed by atoms with Gasteiger partial charge in [-0.05, 0) is 40.8 Å². The number of rotatable bonds is 4. The maximum atomic E-state index is 4.09. The summed E-state index contributed by atoms with van der Waals surface area (Å²) in [4.78, 5) is 0. The molecule has 1 N–H and O–H groups in total. The van der Waals surface area contributed by atoms with Crippen LogP contribution >= 0.6 is 0 Å². The van der Waals surface area contributed by atoms with Crippen molar-refractivity contribution >= 4 is 0 Å². The number of aromatic amines is 1. The lowest BCUT2D eigenvalue weighted by molar-refractivity contribution is 0.881. The standard InChI is InChI=1S/C17H18N4/c1-3-6-13-9-10-14(11-12(13)2)15-7-4-5-8-16(15)17-18-20-21-19-17/h4-5,7-11H,3,6H2,1-2H3,(H,18,19,20,21). The Bertz CT molecular complexity index is 732. The minimum absolute atomic E-state index is 0.626. The molecule has 106 valence electrons. The summed E-state index contributed by atoms with van der Waals surface area (Å²) in [7, 11) is 0. The summed E-state index contributed by atoms with van der Waals surface area (Å²) in [5.74, 6) is 0.626. The van der Waals surface area contributed by atoms with Gasteiger partial charge in [0.05, 0.1) is 0 Å². The Morgan fingerprint density at radius 3 is 2.52 bits per heavy atom. The van der Waals surface area contributed by atoms with E-state index in [2.05, 4.69) is 58.7 Å².